The molecule has 0 aromatic rings. The third-order valence-corrected chi connectivity index (χ3v) is 1.48. The summed E-state index contributed by atoms with van der Waals surface area (Å²) < 4.78 is 0. The van der Waals surface area contributed by atoms with Gasteiger partial charge in [0.15, 0.2) is 0 Å². The molecule has 0 atom stereocenters. The molecular weight excluding hydrogens is 221 g/mol. The van der Waals surface area contributed by atoms with Gasteiger partial charge < -0.3 is 15.6 Å². The molecule has 6 nitrogen and oxygen atoms in total. The number of urea groups is 1. The van der Waals surface area contributed by atoms with Crippen LogP contribution in [0.5, 0.6) is 0 Å². The molecule has 0 spiro atoms. The van der Waals surface area contributed by atoms with Gasteiger partial charge in [-0.25, -0.2) is 10.2 Å². The smallest absolute Gasteiger partial charge is 0.332 e. The van der Waals surface area contributed by atoms with E-state index in [0.29, 0.717) is 0 Å². The monoisotopic (exact) mass is 224 g/mol. The lowest BCUT2D eigenvalue weighted by Crippen LogP contribution is -2.25. The summed E-state index contributed by atoms with van der Waals surface area (Å²) in [5.74, 6) is -1.64. The zero-order valence-electron chi connectivity index (χ0n) is 6.08. The molecule has 8 heteroatoms. The van der Waals surface area contributed by atoms with Gasteiger partial charge in [0, 0.05) is 0 Å². The van der Waals surface area contributed by atoms with Gasteiger partial charge in [0.1, 0.15) is 0 Å². The first-order chi connectivity index (χ1) is 5.95. The average molecular weight is 225 g/mol. The molecule has 0 heterocycles. The number of carboxylic acid groups (broad SMARTS) is 1. The van der Waals surface area contributed by atoms with Crippen LogP contribution in [0.2, 0.25) is 0 Å². The zero-order chi connectivity index (χ0) is 10.4. The van der Waals surface area contributed by atoms with E-state index in [1.54, 1.807) is 5.43 Å². The Bertz CT molecular complexity index is 287. The van der Waals surface area contributed by atoms with Crippen LogP contribution >= 0.6 is 23.2 Å². The number of hydrogen-bond donors (Lipinski definition) is 2. The molecule has 0 aliphatic carbocycles. The lowest BCUT2D eigenvalue weighted by molar-refractivity contribution is -0.298. The first-order valence-electron chi connectivity index (χ1n) is 2.80. The molecule has 0 aliphatic heterocycles. The molecule has 0 saturated carbocycles. The highest BCUT2D eigenvalue weighted by Crippen LogP contribution is 2.10. The van der Waals surface area contributed by atoms with Crippen LogP contribution in [0.15, 0.2) is 15.2 Å². The third kappa shape index (κ3) is 5.05. The van der Waals surface area contributed by atoms with E-state index in [2.05, 4.69) is 10.8 Å². The molecule has 3 N–H and O–H groups in total. The van der Waals surface area contributed by atoms with Crippen LogP contribution in [0.1, 0.15) is 0 Å². The summed E-state index contributed by atoms with van der Waals surface area (Å²) >= 11 is 10.4. The van der Waals surface area contributed by atoms with E-state index in [1.165, 1.54) is 0 Å². The number of hydrogen-bond acceptors (Lipinski definition) is 4. The van der Waals surface area contributed by atoms with Crippen LogP contribution in [0.25, 0.3) is 0 Å². The molecule has 0 fully saturated rings. The van der Waals surface area contributed by atoms with E-state index < -0.39 is 17.0 Å². The minimum Gasteiger partial charge on any atom is -0.544 e. The Kier molecular flexibility index (Phi) is 4.86. The van der Waals surface area contributed by atoms with Crippen molar-refractivity contribution in [2.45, 2.75) is 0 Å². The zero-order valence-corrected chi connectivity index (χ0v) is 7.59. The molecule has 0 saturated heterocycles. The van der Waals surface area contributed by atoms with Gasteiger partial charge in [-0.05, 0) is 0 Å². The van der Waals surface area contributed by atoms with Gasteiger partial charge in [-0.2, -0.15) is 5.10 Å². The Morgan fingerprint density at radius 2 is 2.00 bits per heavy atom. The second-order valence-electron chi connectivity index (χ2n) is 1.68. The number of halogens is 2. The van der Waals surface area contributed by atoms with Crippen molar-refractivity contribution in [3.8, 4) is 0 Å². The first kappa shape index (κ1) is 11.7. The Morgan fingerprint density at radius 3 is 2.38 bits per heavy atom. The Labute approximate surface area is 83.0 Å². The highest BCUT2D eigenvalue weighted by atomic mass is 35.5. The number of hydrazone groups is 1. The number of primary amides is 1. The molecular formula is C5H4Cl2N3O3-. The minimum absolute atomic E-state index is 0.379. The van der Waals surface area contributed by atoms with Gasteiger partial charge in [-0.15, -0.1) is 0 Å². The van der Waals surface area contributed by atoms with Crippen molar-refractivity contribution in [3.05, 3.63) is 10.1 Å². The summed E-state index contributed by atoms with van der Waals surface area (Å²) in [5.41, 5.74) is 6.42. The maximum absolute atomic E-state index is 10.1. The topological polar surface area (TPSA) is 108 Å². The maximum atomic E-state index is 10.1. The van der Waals surface area contributed by atoms with Crippen LogP contribution in [-0.2, 0) is 4.79 Å². The highest BCUT2D eigenvalue weighted by molar-refractivity contribution is 6.51. The highest BCUT2D eigenvalue weighted by Gasteiger charge is 1.99. The first-order valence-corrected chi connectivity index (χ1v) is 3.56. The second kappa shape index (κ2) is 5.39. The van der Waals surface area contributed by atoms with E-state index in [9.17, 15) is 14.7 Å². The predicted molar refractivity (Wildman–Crippen MR) is 45.0 cm³/mol. The lowest BCUT2D eigenvalue weighted by Gasteiger charge is -1.99. The summed E-state index contributed by atoms with van der Waals surface area (Å²) in [6.07, 6.45) is 0.810. The van der Waals surface area contributed by atoms with Gasteiger partial charge in [-0.1, -0.05) is 23.2 Å². The van der Waals surface area contributed by atoms with Crippen molar-refractivity contribution in [2.75, 3.05) is 0 Å². The quantitative estimate of drug-likeness (QED) is 0.368. The van der Waals surface area contributed by atoms with E-state index in [0.717, 1.165) is 6.21 Å². The van der Waals surface area contributed by atoms with E-state index >= 15 is 0 Å². The minimum atomic E-state index is -1.64. The van der Waals surface area contributed by atoms with Crippen molar-refractivity contribution in [3.63, 3.8) is 0 Å². The van der Waals surface area contributed by atoms with E-state index in [1.807, 2.05) is 0 Å². The molecule has 72 valence electrons. The fourth-order valence-electron chi connectivity index (χ4n) is 0.307. The van der Waals surface area contributed by atoms with Gasteiger partial charge in [0.25, 0.3) is 0 Å². The molecule has 0 aromatic carbocycles. The van der Waals surface area contributed by atoms with Gasteiger partial charge in [0.05, 0.1) is 22.2 Å². The normalized spacial score (nSPS) is 12.5. The molecule has 13 heavy (non-hydrogen) atoms. The standard InChI is InChI=1S/C5H5Cl2N3O3/c6-2(3(7)4(11)12)1-9-10-5(8)13/h1H,(H,11,12)(H3,8,10,13)/p-1. The predicted octanol–water partition coefficient (Wildman–Crippen LogP) is -0.920. The third-order valence-electron chi connectivity index (χ3n) is 0.742. The summed E-state index contributed by atoms with van der Waals surface area (Å²) in [7, 11) is 0. The molecule has 0 radical (unpaired) electrons. The number of carbonyl (C=O) groups is 2. The molecule has 0 rings (SSSR count). The van der Waals surface area contributed by atoms with Crippen molar-refractivity contribution in [2.24, 2.45) is 10.8 Å². The Balaban J connectivity index is 4.36. The fraction of sp³-hybridized carbons (Fsp3) is 0. The number of nitrogens with zero attached hydrogens (tertiary/aromatic N) is 1. The van der Waals surface area contributed by atoms with Gasteiger partial charge in [0.2, 0.25) is 0 Å². The number of nitrogens with two attached hydrogens (primary N) is 1. The van der Waals surface area contributed by atoms with Crippen LogP contribution in [0.4, 0.5) is 4.79 Å². The number of rotatable bonds is 3. The number of carbonyl (C=O) groups excluding carboxylic acids is 2. The second-order valence-corrected chi connectivity index (χ2v) is 2.47. The van der Waals surface area contributed by atoms with Crippen LogP contribution < -0.4 is 16.3 Å². The number of amides is 2. The lowest BCUT2D eigenvalue weighted by atomic mass is 10.5. The number of carboxylic acids is 1. The van der Waals surface area contributed by atoms with E-state index in [4.69, 9.17) is 23.2 Å². The van der Waals surface area contributed by atoms with E-state index in [-0.39, 0.29) is 5.03 Å². The number of aliphatic carboxylic acids is 1. The molecule has 0 aromatic heterocycles. The largest absolute Gasteiger partial charge is 0.544 e. The molecule has 2 amide bonds. The van der Waals surface area contributed by atoms with Crippen LogP contribution in [0, 0.1) is 0 Å². The number of nitrogens with one attached hydrogen (secondary N) is 1. The van der Waals surface area contributed by atoms with Crippen molar-refractivity contribution >= 4 is 41.4 Å². The summed E-state index contributed by atoms with van der Waals surface area (Å²) in [6, 6.07) is -0.912. The molecule has 0 aliphatic rings. The van der Waals surface area contributed by atoms with Gasteiger partial charge in [-0.3, -0.25) is 0 Å². The summed E-state index contributed by atoms with van der Waals surface area (Å²) in [4.78, 5) is 20.1. The maximum Gasteiger partial charge on any atom is 0.332 e. The Hall–Kier alpha value is -1.27. The van der Waals surface area contributed by atoms with Gasteiger partial charge >= 0.3 is 6.03 Å². The SMILES string of the molecule is NC(=O)NN=CC(Cl)=C(Cl)C(=O)[O-]. The number of allylic oxidation sites excluding steroid dienone is 1. The Morgan fingerprint density at radius 1 is 1.46 bits per heavy atom. The van der Waals surface area contributed by atoms with Crippen molar-refractivity contribution in [1.29, 1.82) is 0 Å². The van der Waals surface area contributed by atoms with Crippen LogP contribution in [0.3, 0.4) is 0 Å². The molecule has 0 unspecified atom stereocenters. The van der Waals surface area contributed by atoms with Crippen LogP contribution in [-0.4, -0.2) is 18.2 Å². The molecule has 0 bridgehead atoms. The van der Waals surface area contributed by atoms with Crippen molar-refractivity contribution < 1.29 is 14.7 Å². The summed E-state index contributed by atoms with van der Waals surface area (Å²) in [5, 5.41) is 12.1. The average Bonchev–Trinajstić information content (AvgIpc) is 2.02. The van der Waals surface area contributed by atoms with Crippen molar-refractivity contribution in [1.82, 2.24) is 5.43 Å². The fourth-order valence-corrected chi connectivity index (χ4v) is 0.481. The summed E-state index contributed by atoms with van der Waals surface area (Å²) in [6.45, 7) is 0.